The second-order valence-electron chi connectivity index (χ2n) is 9.34. The minimum atomic E-state index is -0.0516. The van der Waals surface area contributed by atoms with Gasteiger partial charge in [0.2, 0.25) is 0 Å². The molecule has 0 saturated carbocycles. The summed E-state index contributed by atoms with van der Waals surface area (Å²) in [5.74, 6) is 1.87. The summed E-state index contributed by atoms with van der Waals surface area (Å²) in [6.45, 7) is 11.6. The molecule has 178 valence electrons. The smallest absolute Gasteiger partial charge is 0.257 e. The zero-order valence-electron chi connectivity index (χ0n) is 20.3. The molecule has 0 aliphatic carbocycles. The van der Waals surface area contributed by atoms with Gasteiger partial charge < -0.3 is 19.3 Å². The number of carbonyl (C=O) groups excluding carboxylic acids is 2. The summed E-state index contributed by atoms with van der Waals surface area (Å²) >= 11 is 0. The van der Waals surface area contributed by atoms with Gasteiger partial charge >= 0.3 is 0 Å². The minimum Gasteiger partial charge on any atom is -0.492 e. The van der Waals surface area contributed by atoms with Crippen LogP contribution in [0.4, 0.5) is 0 Å². The zero-order chi connectivity index (χ0) is 23.8. The highest BCUT2D eigenvalue weighted by atomic mass is 16.5. The van der Waals surface area contributed by atoms with Gasteiger partial charge in [-0.15, -0.1) is 0 Å². The number of carbonyl (C=O) groups is 2. The summed E-state index contributed by atoms with van der Waals surface area (Å²) in [6, 6.07) is 14.8. The molecule has 1 saturated heterocycles. The van der Waals surface area contributed by atoms with E-state index in [-0.39, 0.29) is 11.8 Å². The van der Waals surface area contributed by atoms with Crippen molar-refractivity contribution in [2.75, 3.05) is 39.4 Å². The molecule has 33 heavy (non-hydrogen) atoms. The van der Waals surface area contributed by atoms with Crippen molar-refractivity contribution in [3.05, 3.63) is 59.7 Å². The van der Waals surface area contributed by atoms with Crippen LogP contribution in [0.5, 0.6) is 11.5 Å². The van der Waals surface area contributed by atoms with Gasteiger partial charge in [-0.05, 0) is 42.5 Å². The van der Waals surface area contributed by atoms with Crippen molar-refractivity contribution in [3.63, 3.8) is 0 Å². The average molecular weight is 453 g/mol. The molecule has 0 bridgehead atoms. The molecule has 3 rings (SSSR count). The molecule has 6 heteroatoms. The average Bonchev–Trinajstić information content (AvgIpc) is 3.07. The monoisotopic (exact) mass is 452 g/mol. The van der Waals surface area contributed by atoms with Crippen LogP contribution in [-0.4, -0.2) is 61.0 Å². The maximum atomic E-state index is 13.3. The summed E-state index contributed by atoms with van der Waals surface area (Å²) in [6.07, 6.45) is 0.724. The molecule has 0 unspecified atom stereocenters. The Labute approximate surface area is 197 Å². The third-order valence-corrected chi connectivity index (χ3v) is 5.45. The van der Waals surface area contributed by atoms with E-state index in [1.807, 2.05) is 58.3 Å². The lowest BCUT2D eigenvalue weighted by Gasteiger charge is -2.24. The van der Waals surface area contributed by atoms with Crippen molar-refractivity contribution < 1.29 is 19.1 Å². The Morgan fingerprint density at radius 1 is 0.697 bits per heavy atom. The van der Waals surface area contributed by atoms with Crippen molar-refractivity contribution >= 4 is 11.8 Å². The molecule has 0 atom stereocenters. The van der Waals surface area contributed by atoms with Crippen molar-refractivity contribution in [2.24, 2.45) is 11.8 Å². The van der Waals surface area contributed by atoms with Crippen molar-refractivity contribution in [2.45, 2.75) is 34.1 Å². The Morgan fingerprint density at radius 3 is 1.48 bits per heavy atom. The highest BCUT2D eigenvalue weighted by Crippen LogP contribution is 2.24. The predicted octanol–water partition coefficient (Wildman–Crippen LogP) is 4.74. The number of amides is 2. The summed E-state index contributed by atoms with van der Waals surface area (Å²) < 4.78 is 11.8. The Bertz CT molecular complexity index is 866. The molecule has 1 fully saturated rings. The zero-order valence-corrected chi connectivity index (χ0v) is 20.3. The standard InChI is InChI=1S/C27H36N2O4/c1-20(2)18-32-24-12-7-5-10-22(24)26(30)28-14-9-15-29(17-16-28)27(31)23-11-6-8-13-25(23)33-19-21(3)4/h5-8,10-13,20-21H,9,14-19H2,1-4H3. The van der Waals surface area contributed by atoms with Crippen molar-refractivity contribution in [1.82, 2.24) is 9.80 Å². The van der Waals surface area contributed by atoms with E-state index in [4.69, 9.17) is 9.47 Å². The third kappa shape index (κ3) is 6.73. The van der Waals surface area contributed by atoms with Crippen LogP contribution < -0.4 is 9.47 Å². The molecular formula is C27H36N2O4. The second kappa shape index (κ2) is 11.7. The lowest BCUT2D eigenvalue weighted by Crippen LogP contribution is -2.37. The van der Waals surface area contributed by atoms with E-state index < -0.39 is 0 Å². The summed E-state index contributed by atoms with van der Waals surface area (Å²) in [4.78, 5) is 30.2. The normalized spacial score (nSPS) is 14.4. The van der Waals surface area contributed by atoms with E-state index in [0.29, 0.717) is 73.9 Å². The van der Waals surface area contributed by atoms with Gasteiger partial charge in [-0.2, -0.15) is 0 Å². The van der Waals surface area contributed by atoms with Crippen molar-refractivity contribution in [1.29, 1.82) is 0 Å². The predicted molar refractivity (Wildman–Crippen MR) is 130 cm³/mol. The van der Waals surface area contributed by atoms with Crippen LogP contribution in [0.3, 0.4) is 0 Å². The Hall–Kier alpha value is -3.02. The lowest BCUT2D eigenvalue weighted by atomic mass is 10.1. The van der Waals surface area contributed by atoms with Crippen LogP contribution >= 0.6 is 0 Å². The third-order valence-electron chi connectivity index (χ3n) is 5.45. The number of hydrogen-bond acceptors (Lipinski definition) is 4. The molecule has 2 amide bonds. The number of rotatable bonds is 8. The molecule has 0 radical (unpaired) electrons. The molecule has 0 aromatic heterocycles. The Balaban J connectivity index is 1.68. The minimum absolute atomic E-state index is 0.0516. The SMILES string of the molecule is CC(C)COc1ccccc1C(=O)N1CCCN(C(=O)c2ccccc2OCC(C)C)CC1. The summed E-state index contributed by atoms with van der Waals surface area (Å²) in [7, 11) is 0. The van der Waals surface area contributed by atoms with E-state index in [9.17, 15) is 9.59 Å². The molecular weight excluding hydrogens is 416 g/mol. The van der Waals surface area contributed by atoms with Crippen LogP contribution in [0.15, 0.2) is 48.5 Å². The highest BCUT2D eigenvalue weighted by Gasteiger charge is 2.26. The first-order valence-corrected chi connectivity index (χ1v) is 11.9. The molecule has 1 aliphatic heterocycles. The molecule has 1 heterocycles. The maximum absolute atomic E-state index is 13.3. The summed E-state index contributed by atoms with van der Waals surface area (Å²) in [5.41, 5.74) is 1.15. The largest absolute Gasteiger partial charge is 0.492 e. The molecule has 0 spiro atoms. The van der Waals surface area contributed by atoms with Gasteiger partial charge in [0, 0.05) is 26.2 Å². The first kappa shape index (κ1) is 24.6. The fourth-order valence-corrected chi connectivity index (χ4v) is 3.72. The molecule has 1 aliphatic rings. The second-order valence-corrected chi connectivity index (χ2v) is 9.34. The number of hydrogen-bond donors (Lipinski definition) is 0. The van der Waals surface area contributed by atoms with Crippen LogP contribution in [0.2, 0.25) is 0 Å². The van der Waals surface area contributed by atoms with E-state index in [1.54, 1.807) is 0 Å². The number of nitrogens with zero attached hydrogens (tertiary/aromatic N) is 2. The van der Waals surface area contributed by atoms with E-state index in [2.05, 4.69) is 27.7 Å². The Kier molecular flexibility index (Phi) is 8.75. The fourth-order valence-electron chi connectivity index (χ4n) is 3.72. The molecule has 0 N–H and O–H groups in total. The van der Waals surface area contributed by atoms with Crippen LogP contribution in [0, 0.1) is 11.8 Å². The van der Waals surface area contributed by atoms with Gasteiger partial charge in [-0.1, -0.05) is 52.0 Å². The first-order chi connectivity index (χ1) is 15.9. The molecule has 6 nitrogen and oxygen atoms in total. The van der Waals surface area contributed by atoms with Gasteiger partial charge in [0.25, 0.3) is 11.8 Å². The number of benzene rings is 2. The molecule has 2 aromatic rings. The van der Waals surface area contributed by atoms with Gasteiger partial charge in [-0.25, -0.2) is 0 Å². The van der Waals surface area contributed by atoms with Crippen LogP contribution in [-0.2, 0) is 0 Å². The highest BCUT2D eigenvalue weighted by molar-refractivity contribution is 5.98. The topological polar surface area (TPSA) is 59.1 Å². The first-order valence-electron chi connectivity index (χ1n) is 11.9. The summed E-state index contributed by atoms with van der Waals surface area (Å²) in [5, 5.41) is 0. The van der Waals surface area contributed by atoms with Crippen LogP contribution in [0.1, 0.15) is 54.8 Å². The quantitative estimate of drug-likeness (QED) is 0.580. The van der Waals surface area contributed by atoms with Gasteiger partial charge in [0.15, 0.2) is 0 Å². The molecule has 2 aromatic carbocycles. The van der Waals surface area contributed by atoms with Crippen LogP contribution in [0.25, 0.3) is 0 Å². The fraction of sp³-hybridized carbons (Fsp3) is 0.481. The van der Waals surface area contributed by atoms with E-state index in [1.165, 1.54) is 0 Å². The lowest BCUT2D eigenvalue weighted by molar-refractivity contribution is 0.0713. The van der Waals surface area contributed by atoms with Gasteiger partial charge in [0.05, 0.1) is 24.3 Å². The van der Waals surface area contributed by atoms with E-state index >= 15 is 0 Å². The van der Waals surface area contributed by atoms with E-state index in [0.717, 1.165) is 6.42 Å². The van der Waals surface area contributed by atoms with Crippen molar-refractivity contribution in [3.8, 4) is 11.5 Å². The van der Waals surface area contributed by atoms with Gasteiger partial charge in [-0.3, -0.25) is 9.59 Å². The number of ether oxygens (including phenoxy) is 2. The maximum Gasteiger partial charge on any atom is 0.257 e. The van der Waals surface area contributed by atoms with Gasteiger partial charge in [0.1, 0.15) is 11.5 Å². The number of para-hydroxylation sites is 2. The Morgan fingerprint density at radius 2 is 1.09 bits per heavy atom.